The zero-order chi connectivity index (χ0) is 7.56. The van der Waals surface area contributed by atoms with Crippen LogP contribution in [0.5, 0.6) is 0 Å². The normalized spacial score (nSPS) is 10.4. The average molecular weight is 164 g/mol. The second kappa shape index (κ2) is 2.92. The molecule has 0 aliphatic rings. The summed E-state index contributed by atoms with van der Waals surface area (Å²) in [5, 5.41) is 0.234. The second-order valence-electron chi connectivity index (χ2n) is 1.74. The molecule has 0 unspecified atom stereocenters. The summed E-state index contributed by atoms with van der Waals surface area (Å²) in [5.74, 6) is 0. The lowest BCUT2D eigenvalue weighted by atomic mass is 10.3. The number of hydrogen-bond donors (Lipinski definition) is 0. The second-order valence-corrected chi connectivity index (χ2v) is 2.17. The molecule has 1 aromatic rings. The molecule has 0 saturated carbocycles. The van der Waals surface area contributed by atoms with Crippen molar-refractivity contribution >= 4 is 11.6 Å². The molecule has 0 atom stereocenters. The fourth-order valence-corrected chi connectivity index (χ4v) is 0.730. The van der Waals surface area contributed by atoms with E-state index in [1.54, 1.807) is 0 Å². The molecule has 1 nitrogen and oxygen atoms in total. The number of pyridine rings is 1. The van der Waals surface area contributed by atoms with Crippen LogP contribution in [0.2, 0.25) is 5.02 Å². The number of rotatable bonds is 1. The van der Waals surface area contributed by atoms with Crippen LogP contribution in [-0.2, 0) is 0 Å². The van der Waals surface area contributed by atoms with Crippen LogP contribution < -0.4 is 0 Å². The molecule has 54 valence electrons. The van der Waals surface area contributed by atoms with Gasteiger partial charge in [0.1, 0.15) is 0 Å². The van der Waals surface area contributed by atoms with Gasteiger partial charge in [0.2, 0.25) is 0 Å². The molecule has 0 N–H and O–H groups in total. The monoisotopic (exact) mass is 163 g/mol. The third-order valence-corrected chi connectivity index (χ3v) is 1.18. The molecule has 0 aromatic carbocycles. The van der Waals surface area contributed by atoms with Gasteiger partial charge in [0, 0.05) is 18.0 Å². The number of aromatic nitrogens is 1. The highest BCUT2D eigenvalue weighted by Crippen LogP contribution is 2.19. The van der Waals surface area contributed by atoms with Crippen molar-refractivity contribution in [3.63, 3.8) is 0 Å². The van der Waals surface area contributed by atoms with Crippen molar-refractivity contribution < 1.29 is 8.78 Å². The lowest BCUT2D eigenvalue weighted by molar-refractivity contribution is 0.151. The minimum Gasteiger partial charge on any atom is -0.263 e. The van der Waals surface area contributed by atoms with E-state index < -0.39 is 6.43 Å². The summed E-state index contributed by atoms with van der Waals surface area (Å²) in [6.07, 6.45) is -0.0875. The quantitative estimate of drug-likeness (QED) is 0.620. The lowest BCUT2D eigenvalue weighted by Crippen LogP contribution is -1.84. The zero-order valence-corrected chi connectivity index (χ0v) is 5.65. The van der Waals surface area contributed by atoms with Crippen LogP contribution >= 0.6 is 11.6 Å². The van der Waals surface area contributed by atoms with Crippen molar-refractivity contribution in [1.29, 1.82) is 0 Å². The molecule has 1 rings (SSSR count). The van der Waals surface area contributed by atoms with Crippen molar-refractivity contribution in [2.45, 2.75) is 6.43 Å². The first kappa shape index (κ1) is 7.41. The molecule has 0 saturated heterocycles. The van der Waals surface area contributed by atoms with E-state index in [-0.39, 0.29) is 10.6 Å². The van der Waals surface area contributed by atoms with Crippen molar-refractivity contribution in [2.24, 2.45) is 0 Å². The van der Waals surface area contributed by atoms with Gasteiger partial charge >= 0.3 is 0 Å². The Bertz CT molecular complexity index is 227. The van der Waals surface area contributed by atoms with Crippen LogP contribution in [-0.4, -0.2) is 4.98 Å². The summed E-state index contributed by atoms with van der Waals surface area (Å²) in [7, 11) is 0. The molecule has 0 amide bonds. The van der Waals surface area contributed by atoms with E-state index in [1.807, 2.05) is 0 Å². The van der Waals surface area contributed by atoms with Crippen LogP contribution in [0.15, 0.2) is 18.5 Å². The maximum absolute atomic E-state index is 11.8. The van der Waals surface area contributed by atoms with Gasteiger partial charge in [-0.2, -0.15) is 0 Å². The first-order chi connectivity index (χ1) is 4.70. The Morgan fingerprint density at radius 3 is 2.50 bits per heavy atom. The van der Waals surface area contributed by atoms with Crippen molar-refractivity contribution in [3.8, 4) is 0 Å². The Hall–Kier alpha value is -0.700. The van der Waals surface area contributed by atoms with Crippen molar-refractivity contribution in [3.05, 3.63) is 29.0 Å². The summed E-state index contributed by atoms with van der Waals surface area (Å²) in [4.78, 5) is 3.49. The molecule has 1 heterocycles. The first-order valence-corrected chi connectivity index (χ1v) is 2.96. The van der Waals surface area contributed by atoms with Crippen LogP contribution in [0.4, 0.5) is 8.78 Å². The van der Waals surface area contributed by atoms with Gasteiger partial charge in [-0.05, 0) is 6.07 Å². The molecule has 0 aliphatic heterocycles. The molecule has 0 aliphatic carbocycles. The molecule has 0 fully saturated rings. The van der Waals surface area contributed by atoms with E-state index in [2.05, 4.69) is 4.98 Å². The largest absolute Gasteiger partial charge is 0.265 e. The topological polar surface area (TPSA) is 12.9 Å². The third-order valence-electron chi connectivity index (χ3n) is 0.978. The van der Waals surface area contributed by atoms with E-state index >= 15 is 0 Å². The Balaban J connectivity index is 2.96. The summed E-state index contributed by atoms with van der Waals surface area (Å²) in [5.41, 5.74) is -0.146. The molecule has 0 spiro atoms. The SMILES string of the molecule is FC(F)c1cncc(Cl)c1. The highest BCUT2D eigenvalue weighted by molar-refractivity contribution is 6.30. The molecular formula is C6H4ClF2N. The van der Waals surface area contributed by atoms with E-state index in [1.165, 1.54) is 12.3 Å². The van der Waals surface area contributed by atoms with Crippen LogP contribution in [0, 0.1) is 0 Å². The first-order valence-electron chi connectivity index (χ1n) is 2.59. The third kappa shape index (κ3) is 1.64. The van der Waals surface area contributed by atoms with Gasteiger partial charge in [-0.25, -0.2) is 8.78 Å². The number of alkyl halides is 2. The van der Waals surface area contributed by atoms with Gasteiger partial charge in [0.25, 0.3) is 6.43 Å². The van der Waals surface area contributed by atoms with Gasteiger partial charge < -0.3 is 0 Å². The Labute approximate surface area is 61.7 Å². The minimum absolute atomic E-state index is 0.146. The molecule has 0 radical (unpaired) electrons. The standard InChI is InChI=1S/C6H4ClF2N/c7-5-1-4(6(8)9)2-10-3-5/h1-3,6H. The fraction of sp³-hybridized carbons (Fsp3) is 0.167. The summed E-state index contributed by atoms with van der Waals surface area (Å²) < 4.78 is 23.7. The van der Waals surface area contributed by atoms with Crippen LogP contribution in [0.3, 0.4) is 0 Å². The molecule has 0 bridgehead atoms. The van der Waals surface area contributed by atoms with Gasteiger partial charge in [-0.3, -0.25) is 4.98 Å². The highest BCUT2D eigenvalue weighted by atomic mass is 35.5. The van der Waals surface area contributed by atoms with E-state index in [0.29, 0.717) is 0 Å². The highest BCUT2D eigenvalue weighted by Gasteiger charge is 2.06. The fourth-order valence-electron chi connectivity index (χ4n) is 0.548. The van der Waals surface area contributed by atoms with E-state index in [0.717, 1.165) is 6.20 Å². The molecular weight excluding hydrogens is 160 g/mol. The van der Waals surface area contributed by atoms with Crippen molar-refractivity contribution in [2.75, 3.05) is 0 Å². The summed E-state index contributed by atoms with van der Waals surface area (Å²) in [6, 6.07) is 1.19. The van der Waals surface area contributed by atoms with E-state index in [4.69, 9.17) is 11.6 Å². The predicted octanol–water partition coefficient (Wildman–Crippen LogP) is 2.67. The Morgan fingerprint density at radius 1 is 1.40 bits per heavy atom. The predicted molar refractivity (Wildman–Crippen MR) is 34.2 cm³/mol. The molecule has 1 aromatic heterocycles. The van der Waals surface area contributed by atoms with Gasteiger partial charge in [-0.15, -0.1) is 0 Å². The summed E-state index contributed by atoms with van der Waals surface area (Å²) >= 11 is 5.39. The number of halogens is 3. The van der Waals surface area contributed by atoms with Gasteiger partial charge in [-0.1, -0.05) is 11.6 Å². The van der Waals surface area contributed by atoms with Crippen LogP contribution in [0.1, 0.15) is 12.0 Å². The van der Waals surface area contributed by atoms with Crippen molar-refractivity contribution in [1.82, 2.24) is 4.98 Å². The smallest absolute Gasteiger partial charge is 0.263 e. The maximum Gasteiger partial charge on any atom is 0.265 e. The van der Waals surface area contributed by atoms with Gasteiger partial charge in [0.15, 0.2) is 0 Å². The lowest BCUT2D eigenvalue weighted by Gasteiger charge is -1.96. The molecule has 4 heteroatoms. The van der Waals surface area contributed by atoms with Gasteiger partial charge in [0.05, 0.1) is 5.02 Å². The Kier molecular flexibility index (Phi) is 2.17. The number of nitrogens with zero attached hydrogens (tertiary/aromatic N) is 1. The maximum atomic E-state index is 11.8. The zero-order valence-electron chi connectivity index (χ0n) is 4.89. The summed E-state index contributed by atoms with van der Waals surface area (Å²) in [6.45, 7) is 0. The molecule has 10 heavy (non-hydrogen) atoms. The number of hydrogen-bond acceptors (Lipinski definition) is 1. The minimum atomic E-state index is -2.49. The average Bonchev–Trinajstić information content (AvgIpc) is 1.88. The van der Waals surface area contributed by atoms with E-state index in [9.17, 15) is 8.78 Å². The Morgan fingerprint density at radius 2 is 2.10 bits per heavy atom. The van der Waals surface area contributed by atoms with Crippen LogP contribution in [0.25, 0.3) is 0 Å².